The van der Waals surface area contributed by atoms with Crippen LogP contribution < -0.4 is 10.6 Å². The molecule has 19 heavy (non-hydrogen) atoms. The molecule has 0 spiro atoms. The lowest BCUT2D eigenvalue weighted by atomic mass is 10.2. The van der Waals surface area contributed by atoms with Gasteiger partial charge in [-0.2, -0.15) is 0 Å². The van der Waals surface area contributed by atoms with E-state index in [0.29, 0.717) is 12.1 Å². The summed E-state index contributed by atoms with van der Waals surface area (Å²) in [6, 6.07) is 7.47. The lowest BCUT2D eigenvalue weighted by Gasteiger charge is -2.06. The predicted octanol–water partition coefficient (Wildman–Crippen LogP) is 2.81. The molecule has 1 amide bonds. The number of amides is 1. The third-order valence-electron chi connectivity index (χ3n) is 2.62. The van der Waals surface area contributed by atoms with Crippen LogP contribution in [0.4, 0.5) is 5.69 Å². The van der Waals surface area contributed by atoms with Crippen LogP contribution in [0, 0.1) is 6.92 Å². The van der Waals surface area contributed by atoms with E-state index >= 15 is 0 Å². The van der Waals surface area contributed by atoms with Gasteiger partial charge in [-0.05, 0) is 38.1 Å². The molecular formula is C14H17N3OS. The molecule has 2 rings (SSSR count). The summed E-state index contributed by atoms with van der Waals surface area (Å²) < 4.78 is 0. The van der Waals surface area contributed by atoms with Gasteiger partial charge in [0, 0.05) is 28.9 Å². The average molecular weight is 275 g/mol. The molecule has 0 aliphatic heterocycles. The molecule has 100 valence electrons. The van der Waals surface area contributed by atoms with Gasteiger partial charge in [0.05, 0.1) is 11.6 Å². The van der Waals surface area contributed by atoms with Gasteiger partial charge in [0.1, 0.15) is 0 Å². The van der Waals surface area contributed by atoms with Crippen LogP contribution in [-0.4, -0.2) is 17.4 Å². The first-order valence-corrected chi connectivity index (χ1v) is 7.04. The monoisotopic (exact) mass is 275 g/mol. The van der Waals surface area contributed by atoms with Crippen LogP contribution in [0.5, 0.6) is 0 Å². The zero-order chi connectivity index (χ0) is 13.7. The maximum atomic E-state index is 11.9. The smallest absolute Gasteiger partial charge is 0.251 e. The van der Waals surface area contributed by atoms with Crippen molar-refractivity contribution in [3.8, 4) is 0 Å². The minimum atomic E-state index is -0.0610. The van der Waals surface area contributed by atoms with Crippen molar-refractivity contribution >= 4 is 22.9 Å². The lowest BCUT2D eigenvalue weighted by Crippen LogP contribution is -2.22. The lowest BCUT2D eigenvalue weighted by molar-refractivity contribution is 0.0951. The summed E-state index contributed by atoms with van der Waals surface area (Å²) in [4.78, 5) is 17.2. The standard InChI is InChI=1S/C14H17N3OS/c1-3-15-12-6-4-11(5-7-12)14(18)17-9-13-8-16-10(2)19-13/h4-8,15H,3,9H2,1-2H3,(H,17,18). The average Bonchev–Trinajstić information content (AvgIpc) is 2.83. The Morgan fingerprint density at radius 3 is 2.63 bits per heavy atom. The van der Waals surface area contributed by atoms with Crippen LogP contribution in [0.15, 0.2) is 30.5 Å². The minimum absolute atomic E-state index is 0.0610. The van der Waals surface area contributed by atoms with Gasteiger partial charge in [-0.3, -0.25) is 4.79 Å². The number of carbonyl (C=O) groups is 1. The van der Waals surface area contributed by atoms with E-state index in [9.17, 15) is 4.79 Å². The van der Waals surface area contributed by atoms with Crippen molar-refractivity contribution in [2.24, 2.45) is 0 Å². The zero-order valence-electron chi connectivity index (χ0n) is 11.1. The van der Waals surface area contributed by atoms with Gasteiger partial charge >= 0.3 is 0 Å². The number of carbonyl (C=O) groups excluding carboxylic acids is 1. The van der Waals surface area contributed by atoms with Crippen LogP contribution in [0.1, 0.15) is 27.2 Å². The Morgan fingerprint density at radius 1 is 1.32 bits per heavy atom. The van der Waals surface area contributed by atoms with Crippen molar-refractivity contribution in [2.45, 2.75) is 20.4 Å². The second kappa shape index (κ2) is 6.33. The summed E-state index contributed by atoms with van der Waals surface area (Å²) in [5.74, 6) is -0.0610. The number of hydrogen-bond acceptors (Lipinski definition) is 4. The topological polar surface area (TPSA) is 54.0 Å². The molecule has 2 aromatic rings. The number of anilines is 1. The first-order chi connectivity index (χ1) is 9.19. The fraction of sp³-hybridized carbons (Fsp3) is 0.286. The molecule has 0 fully saturated rings. The summed E-state index contributed by atoms with van der Waals surface area (Å²) in [6.45, 7) is 5.39. The van der Waals surface area contributed by atoms with E-state index in [1.165, 1.54) is 0 Å². The highest BCUT2D eigenvalue weighted by Crippen LogP contribution is 2.12. The maximum absolute atomic E-state index is 11.9. The van der Waals surface area contributed by atoms with Crippen molar-refractivity contribution < 1.29 is 4.79 Å². The summed E-state index contributed by atoms with van der Waals surface area (Å²) in [7, 11) is 0. The van der Waals surface area contributed by atoms with Crippen molar-refractivity contribution in [2.75, 3.05) is 11.9 Å². The van der Waals surface area contributed by atoms with E-state index in [-0.39, 0.29) is 5.91 Å². The van der Waals surface area contributed by atoms with E-state index in [0.717, 1.165) is 22.1 Å². The summed E-state index contributed by atoms with van der Waals surface area (Å²) >= 11 is 1.60. The first-order valence-electron chi connectivity index (χ1n) is 6.22. The summed E-state index contributed by atoms with van der Waals surface area (Å²) in [5.41, 5.74) is 1.69. The van der Waals surface area contributed by atoms with Crippen molar-refractivity contribution in [3.05, 3.63) is 45.9 Å². The molecule has 0 saturated carbocycles. The van der Waals surface area contributed by atoms with E-state index in [4.69, 9.17) is 0 Å². The Morgan fingerprint density at radius 2 is 2.05 bits per heavy atom. The highest BCUT2D eigenvalue weighted by molar-refractivity contribution is 7.11. The third-order valence-corrected chi connectivity index (χ3v) is 3.53. The summed E-state index contributed by atoms with van der Waals surface area (Å²) in [5, 5.41) is 7.10. The van der Waals surface area contributed by atoms with Gasteiger partial charge in [-0.1, -0.05) is 0 Å². The second-order valence-corrected chi connectivity index (χ2v) is 5.46. The summed E-state index contributed by atoms with van der Waals surface area (Å²) in [6.07, 6.45) is 1.80. The molecule has 0 bridgehead atoms. The first kappa shape index (κ1) is 13.5. The van der Waals surface area contributed by atoms with E-state index in [1.54, 1.807) is 17.5 Å². The zero-order valence-corrected chi connectivity index (χ0v) is 11.9. The third kappa shape index (κ3) is 3.79. The second-order valence-electron chi connectivity index (χ2n) is 4.14. The highest BCUT2D eigenvalue weighted by Gasteiger charge is 2.06. The Balaban J connectivity index is 1.92. The van der Waals surface area contributed by atoms with Gasteiger partial charge in [0.2, 0.25) is 0 Å². The van der Waals surface area contributed by atoms with Crippen LogP contribution in [0.25, 0.3) is 0 Å². The molecule has 0 saturated heterocycles. The number of aromatic nitrogens is 1. The molecule has 0 aliphatic rings. The van der Waals surface area contributed by atoms with Crippen LogP contribution in [-0.2, 0) is 6.54 Å². The van der Waals surface area contributed by atoms with Crippen LogP contribution >= 0.6 is 11.3 Å². The maximum Gasteiger partial charge on any atom is 0.251 e. The molecule has 1 aromatic heterocycles. The fourth-order valence-electron chi connectivity index (χ4n) is 1.70. The van der Waals surface area contributed by atoms with E-state index in [1.807, 2.05) is 38.1 Å². The van der Waals surface area contributed by atoms with Gasteiger partial charge in [0.25, 0.3) is 5.91 Å². The minimum Gasteiger partial charge on any atom is -0.385 e. The predicted molar refractivity (Wildman–Crippen MR) is 78.6 cm³/mol. The van der Waals surface area contributed by atoms with Gasteiger partial charge in [0.15, 0.2) is 0 Å². The largest absolute Gasteiger partial charge is 0.385 e. The molecule has 0 aliphatic carbocycles. The number of benzene rings is 1. The number of nitrogens with zero attached hydrogens (tertiary/aromatic N) is 1. The van der Waals surface area contributed by atoms with Crippen molar-refractivity contribution in [1.82, 2.24) is 10.3 Å². The van der Waals surface area contributed by atoms with Gasteiger partial charge in [-0.15, -0.1) is 11.3 Å². The van der Waals surface area contributed by atoms with Gasteiger partial charge in [-0.25, -0.2) is 4.98 Å². The molecular weight excluding hydrogens is 258 g/mol. The van der Waals surface area contributed by atoms with Crippen LogP contribution in [0.3, 0.4) is 0 Å². The molecule has 4 nitrogen and oxygen atoms in total. The molecule has 2 N–H and O–H groups in total. The molecule has 1 heterocycles. The Hall–Kier alpha value is -1.88. The Kier molecular flexibility index (Phi) is 4.52. The molecule has 0 unspecified atom stereocenters. The van der Waals surface area contributed by atoms with Crippen molar-refractivity contribution in [3.63, 3.8) is 0 Å². The SMILES string of the molecule is CCNc1ccc(C(=O)NCc2cnc(C)s2)cc1. The molecule has 1 aromatic carbocycles. The Labute approximate surface area is 116 Å². The van der Waals surface area contributed by atoms with Crippen molar-refractivity contribution in [1.29, 1.82) is 0 Å². The molecule has 0 atom stereocenters. The normalized spacial score (nSPS) is 10.2. The fourth-order valence-corrected chi connectivity index (χ4v) is 2.43. The van der Waals surface area contributed by atoms with Crippen LogP contribution in [0.2, 0.25) is 0 Å². The molecule has 5 heteroatoms. The van der Waals surface area contributed by atoms with E-state index in [2.05, 4.69) is 15.6 Å². The number of hydrogen-bond donors (Lipinski definition) is 2. The quantitative estimate of drug-likeness (QED) is 0.882. The van der Waals surface area contributed by atoms with E-state index < -0.39 is 0 Å². The van der Waals surface area contributed by atoms with Gasteiger partial charge < -0.3 is 10.6 Å². The number of rotatable bonds is 5. The number of nitrogens with one attached hydrogen (secondary N) is 2. The Bertz CT molecular complexity index is 548. The highest BCUT2D eigenvalue weighted by atomic mass is 32.1. The number of thiazole rings is 1. The number of aryl methyl sites for hydroxylation is 1. The molecule has 0 radical (unpaired) electrons.